The topological polar surface area (TPSA) is 73.5 Å². The van der Waals surface area contributed by atoms with Crippen LogP contribution in [-0.2, 0) is 16.4 Å². The highest BCUT2D eigenvalue weighted by Gasteiger charge is 2.30. The number of sulfonamides is 1. The molecule has 1 aliphatic rings. The summed E-state index contributed by atoms with van der Waals surface area (Å²) < 4.78 is 26.9. The first kappa shape index (κ1) is 16.7. The first-order chi connectivity index (χ1) is 11.5. The monoisotopic (exact) mass is 347 g/mol. The summed E-state index contributed by atoms with van der Waals surface area (Å²) in [7, 11) is -3.50. The molecule has 0 spiro atoms. The maximum absolute atomic E-state index is 12.7. The molecule has 0 unspecified atom stereocenters. The maximum Gasteiger partial charge on any atom is 0.270 e. The molecular weight excluding hydrogens is 326 g/mol. The van der Waals surface area contributed by atoms with Crippen molar-refractivity contribution in [3.63, 3.8) is 0 Å². The minimum Gasteiger partial charge on any atom is -0.357 e. The molecule has 0 radical (unpaired) electrons. The number of carbonyl (C=O) groups is 1. The number of nitrogens with one attached hydrogen (secondary N) is 1. The fraction of sp³-hybridized carbons (Fsp3) is 0.353. The molecule has 0 aliphatic carbocycles. The summed E-state index contributed by atoms with van der Waals surface area (Å²) in [6.45, 7) is 3.44. The van der Waals surface area contributed by atoms with Crippen LogP contribution in [0.4, 0.5) is 0 Å². The number of piperazine rings is 1. The van der Waals surface area contributed by atoms with Crippen molar-refractivity contribution >= 4 is 15.9 Å². The second-order valence-electron chi connectivity index (χ2n) is 5.78. The molecule has 1 amide bonds. The van der Waals surface area contributed by atoms with Gasteiger partial charge in [-0.15, -0.1) is 0 Å². The Labute approximate surface area is 142 Å². The van der Waals surface area contributed by atoms with E-state index in [2.05, 4.69) is 4.98 Å². The number of H-pyrrole nitrogens is 1. The predicted octanol–water partition coefficient (Wildman–Crippen LogP) is 1.72. The molecule has 0 bridgehead atoms. The number of benzene rings is 1. The molecule has 1 aromatic carbocycles. The number of aromatic amines is 1. The minimum atomic E-state index is -3.50. The average molecular weight is 347 g/mol. The van der Waals surface area contributed by atoms with Gasteiger partial charge in [0.05, 0.1) is 4.90 Å². The molecule has 24 heavy (non-hydrogen) atoms. The number of aromatic nitrogens is 1. The minimum absolute atomic E-state index is 0.0932. The van der Waals surface area contributed by atoms with Crippen LogP contribution in [0.5, 0.6) is 0 Å². The second-order valence-corrected chi connectivity index (χ2v) is 7.72. The van der Waals surface area contributed by atoms with E-state index in [-0.39, 0.29) is 5.91 Å². The Morgan fingerprint density at radius 1 is 1.08 bits per heavy atom. The van der Waals surface area contributed by atoms with Crippen LogP contribution >= 0.6 is 0 Å². The highest BCUT2D eigenvalue weighted by molar-refractivity contribution is 7.89. The lowest BCUT2D eigenvalue weighted by molar-refractivity contribution is 0.0692. The van der Waals surface area contributed by atoms with Gasteiger partial charge in [-0.1, -0.05) is 19.1 Å². The van der Waals surface area contributed by atoms with E-state index >= 15 is 0 Å². The van der Waals surface area contributed by atoms with Crippen LogP contribution in [-0.4, -0.2) is 54.7 Å². The van der Waals surface area contributed by atoms with Gasteiger partial charge in [-0.25, -0.2) is 8.42 Å². The van der Waals surface area contributed by atoms with Gasteiger partial charge in [0.25, 0.3) is 5.91 Å². The van der Waals surface area contributed by atoms with Crippen molar-refractivity contribution in [3.05, 3.63) is 53.9 Å². The van der Waals surface area contributed by atoms with Crippen LogP contribution in [0.2, 0.25) is 0 Å². The van der Waals surface area contributed by atoms with Crippen molar-refractivity contribution in [2.45, 2.75) is 18.2 Å². The number of aryl methyl sites for hydroxylation is 1. The van der Waals surface area contributed by atoms with E-state index in [1.54, 1.807) is 35.4 Å². The molecule has 2 heterocycles. The van der Waals surface area contributed by atoms with Crippen molar-refractivity contribution in [2.75, 3.05) is 26.2 Å². The third-order valence-corrected chi connectivity index (χ3v) is 6.24. The molecule has 1 aliphatic heterocycles. The molecular formula is C17H21N3O3S. The molecule has 1 N–H and O–H groups in total. The summed E-state index contributed by atoms with van der Waals surface area (Å²) in [6, 6.07) is 10.5. The lowest BCUT2D eigenvalue weighted by Crippen LogP contribution is -2.50. The van der Waals surface area contributed by atoms with Crippen LogP contribution in [0.3, 0.4) is 0 Å². The summed E-state index contributed by atoms with van der Waals surface area (Å²) in [4.78, 5) is 17.2. The maximum atomic E-state index is 12.7. The highest BCUT2D eigenvalue weighted by atomic mass is 32.2. The van der Waals surface area contributed by atoms with Crippen molar-refractivity contribution < 1.29 is 13.2 Å². The zero-order valence-electron chi connectivity index (χ0n) is 13.6. The van der Waals surface area contributed by atoms with E-state index in [1.807, 2.05) is 19.1 Å². The number of amides is 1. The Morgan fingerprint density at radius 3 is 2.29 bits per heavy atom. The lowest BCUT2D eigenvalue weighted by Gasteiger charge is -2.33. The Hall–Kier alpha value is -2.12. The Morgan fingerprint density at radius 2 is 1.75 bits per heavy atom. The van der Waals surface area contributed by atoms with E-state index < -0.39 is 10.0 Å². The van der Waals surface area contributed by atoms with Crippen molar-refractivity contribution in [3.8, 4) is 0 Å². The Bertz CT molecular complexity index is 790. The van der Waals surface area contributed by atoms with Crippen LogP contribution < -0.4 is 0 Å². The van der Waals surface area contributed by atoms with E-state index in [0.717, 1.165) is 12.0 Å². The third kappa shape index (κ3) is 3.22. The first-order valence-corrected chi connectivity index (χ1v) is 9.48. The van der Waals surface area contributed by atoms with Gasteiger partial charge < -0.3 is 9.88 Å². The van der Waals surface area contributed by atoms with Gasteiger partial charge >= 0.3 is 0 Å². The Kier molecular flexibility index (Phi) is 4.73. The molecule has 1 aromatic heterocycles. The largest absolute Gasteiger partial charge is 0.357 e. The zero-order valence-corrected chi connectivity index (χ0v) is 14.4. The van der Waals surface area contributed by atoms with E-state index in [4.69, 9.17) is 0 Å². The van der Waals surface area contributed by atoms with Crippen LogP contribution in [0.15, 0.2) is 47.5 Å². The summed E-state index contributed by atoms with van der Waals surface area (Å²) in [6.07, 6.45) is 2.58. The molecule has 7 heteroatoms. The molecule has 3 rings (SSSR count). The molecule has 2 aromatic rings. The normalized spacial score (nSPS) is 16.3. The van der Waals surface area contributed by atoms with Crippen molar-refractivity contribution in [1.29, 1.82) is 0 Å². The predicted molar refractivity (Wildman–Crippen MR) is 91.3 cm³/mol. The van der Waals surface area contributed by atoms with E-state index in [0.29, 0.717) is 36.8 Å². The van der Waals surface area contributed by atoms with Crippen molar-refractivity contribution in [1.82, 2.24) is 14.2 Å². The first-order valence-electron chi connectivity index (χ1n) is 8.04. The molecule has 1 fully saturated rings. The SMILES string of the molecule is CCc1ccc(S(=O)(=O)N2CCN(C(=O)c3ccc[nH]3)CC2)cc1. The quantitative estimate of drug-likeness (QED) is 0.915. The zero-order chi connectivity index (χ0) is 17.2. The van der Waals surface area contributed by atoms with Crippen molar-refractivity contribution in [2.24, 2.45) is 0 Å². The molecule has 0 saturated carbocycles. The highest BCUT2D eigenvalue weighted by Crippen LogP contribution is 2.19. The van der Waals surface area contributed by atoms with E-state index in [9.17, 15) is 13.2 Å². The lowest BCUT2D eigenvalue weighted by atomic mass is 10.2. The van der Waals surface area contributed by atoms with Gasteiger partial charge in [0, 0.05) is 32.4 Å². The van der Waals surface area contributed by atoms with Crippen LogP contribution in [0.25, 0.3) is 0 Å². The molecule has 0 atom stereocenters. The standard InChI is InChI=1S/C17H21N3O3S/c1-2-14-5-7-15(8-6-14)24(22,23)20-12-10-19(11-13-20)17(21)16-4-3-9-18-16/h3-9,18H,2,10-13H2,1H3. The molecule has 1 saturated heterocycles. The molecule has 6 nitrogen and oxygen atoms in total. The number of carbonyl (C=O) groups excluding carboxylic acids is 1. The average Bonchev–Trinajstić information content (AvgIpc) is 3.16. The fourth-order valence-electron chi connectivity index (χ4n) is 2.81. The third-order valence-electron chi connectivity index (χ3n) is 4.32. The number of rotatable bonds is 4. The van der Waals surface area contributed by atoms with Gasteiger partial charge in [-0.3, -0.25) is 4.79 Å². The van der Waals surface area contributed by atoms with Gasteiger partial charge in [-0.2, -0.15) is 4.31 Å². The summed E-state index contributed by atoms with van der Waals surface area (Å²) in [5.41, 5.74) is 1.64. The smallest absolute Gasteiger partial charge is 0.270 e. The summed E-state index contributed by atoms with van der Waals surface area (Å²) >= 11 is 0. The number of nitrogens with zero attached hydrogens (tertiary/aromatic N) is 2. The van der Waals surface area contributed by atoms with Gasteiger partial charge in [-0.05, 0) is 36.2 Å². The van der Waals surface area contributed by atoms with Gasteiger partial charge in [0.1, 0.15) is 5.69 Å². The van der Waals surface area contributed by atoms with E-state index in [1.165, 1.54) is 4.31 Å². The second kappa shape index (κ2) is 6.78. The van der Waals surface area contributed by atoms with Crippen LogP contribution in [0.1, 0.15) is 23.0 Å². The van der Waals surface area contributed by atoms with Gasteiger partial charge in [0.2, 0.25) is 10.0 Å². The van der Waals surface area contributed by atoms with Crippen LogP contribution in [0, 0.1) is 0 Å². The molecule has 128 valence electrons. The Balaban J connectivity index is 1.68. The summed E-state index contributed by atoms with van der Waals surface area (Å²) in [5.74, 6) is -0.0932. The summed E-state index contributed by atoms with van der Waals surface area (Å²) in [5, 5.41) is 0. The van der Waals surface area contributed by atoms with Gasteiger partial charge in [0.15, 0.2) is 0 Å². The fourth-order valence-corrected chi connectivity index (χ4v) is 4.23. The number of hydrogen-bond donors (Lipinski definition) is 1. The number of hydrogen-bond acceptors (Lipinski definition) is 3.